The fourth-order valence-corrected chi connectivity index (χ4v) is 3.69. The number of hydrogen-bond donors (Lipinski definition) is 0. The van der Waals surface area contributed by atoms with Gasteiger partial charge in [0.1, 0.15) is 23.7 Å². The molecule has 0 saturated heterocycles. The van der Waals surface area contributed by atoms with Gasteiger partial charge in [-0.25, -0.2) is 0 Å². The normalized spacial score (nSPS) is 11.1. The Balaban J connectivity index is 1.45. The molecular formula is C26H17ClO3. The van der Waals surface area contributed by atoms with Crippen molar-refractivity contribution in [3.63, 3.8) is 0 Å². The maximum absolute atomic E-state index is 12.7. The Morgan fingerprint density at radius 2 is 1.60 bits per heavy atom. The first-order valence-electron chi connectivity index (χ1n) is 9.61. The lowest BCUT2D eigenvalue weighted by molar-refractivity contribution is 0.308. The summed E-state index contributed by atoms with van der Waals surface area (Å²) in [5.41, 5.74) is 2.30. The van der Waals surface area contributed by atoms with E-state index < -0.39 is 0 Å². The summed E-state index contributed by atoms with van der Waals surface area (Å²) in [5.74, 6) is 1.13. The van der Waals surface area contributed by atoms with Crippen LogP contribution in [0.25, 0.3) is 33.1 Å². The van der Waals surface area contributed by atoms with Crippen LogP contribution in [0.5, 0.6) is 5.75 Å². The minimum atomic E-state index is -0.114. The van der Waals surface area contributed by atoms with Crippen LogP contribution in [0.15, 0.2) is 100 Å². The highest BCUT2D eigenvalue weighted by molar-refractivity contribution is 6.30. The first-order valence-corrected chi connectivity index (χ1v) is 9.98. The molecule has 0 aliphatic carbocycles. The van der Waals surface area contributed by atoms with Crippen LogP contribution in [0.1, 0.15) is 5.56 Å². The van der Waals surface area contributed by atoms with Gasteiger partial charge in [0, 0.05) is 16.7 Å². The second-order valence-corrected chi connectivity index (χ2v) is 7.50. The van der Waals surface area contributed by atoms with E-state index in [1.165, 1.54) is 11.5 Å². The molecule has 4 aromatic carbocycles. The lowest BCUT2D eigenvalue weighted by Crippen LogP contribution is -2.02. The van der Waals surface area contributed by atoms with Crippen LogP contribution in [0.4, 0.5) is 0 Å². The van der Waals surface area contributed by atoms with Gasteiger partial charge in [-0.05, 0) is 58.8 Å². The van der Waals surface area contributed by atoms with Crippen LogP contribution in [0.2, 0.25) is 5.02 Å². The van der Waals surface area contributed by atoms with Crippen molar-refractivity contribution < 1.29 is 9.15 Å². The summed E-state index contributed by atoms with van der Waals surface area (Å²) in [6.07, 6.45) is 0. The van der Waals surface area contributed by atoms with Crippen molar-refractivity contribution >= 4 is 33.3 Å². The Kier molecular flexibility index (Phi) is 4.74. The lowest BCUT2D eigenvalue weighted by Gasteiger charge is -2.10. The van der Waals surface area contributed by atoms with Gasteiger partial charge in [0.15, 0.2) is 5.43 Å². The second-order valence-electron chi connectivity index (χ2n) is 7.07. The quantitative estimate of drug-likeness (QED) is 0.324. The molecule has 5 rings (SSSR count). The van der Waals surface area contributed by atoms with E-state index >= 15 is 0 Å². The second kappa shape index (κ2) is 7.69. The van der Waals surface area contributed by atoms with Crippen molar-refractivity contribution in [2.75, 3.05) is 0 Å². The fraction of sp³-hybridized carbons (Fsp3) is 0.0385. The Morgan fingerprint density at radius 1 is 0.800 bits per heavy atom. The molecule has 0 bridgehead atoms. The van der Waals surface area contributed by atoms with Gasteiger partial charge in [-0.3, -0.25) is 4.79 Å². The third-order valence-electron chi connectivity index (χ3n) is 5.10. The molecule has 0 radical (unpaired) electrons. The van der Waals surface area contributed by atoms with Crippen molar-refractivity contribution in [3.05, 3.63) is 112 Å². The summed E-state index contributed by atoms with van der Waals surface area (Å²) >= 11 is 5.94. The zero-order valence-electron chi connectivity index (χ0n) is 16.0. The van der Waals surface area contributed by atoms with Gasteiger partial charge in [0.05, 0.1) is 5.39 Å². The van der Waals surface area contributed by atoms with Crippen molar-refractivity contribution in [1.29, 1.82) is 0 Å². The zero-order valence-corrected chi connectivity index (χ0v) is 16.7. The minimum Gasteiger partial charge on any atom is -0.489 e. The maximum atomic E-state index is 12.7. The molecule has 0 saturated carbocycles. The number of ether oxygens (including phenoxy) is 1. The van der Waals surface area contributed by atoms with Gasteiger partial charge in [0.25, 0.3) is 0 Å². The van der Waals surface area contributed by atoms with Crippen LogP contribution >= 0.6 is 11.6 Å². The number of fused-ring (bicyclic) bond motifs is 2. The van der Waals surface area contributed by atoms with E-state index in [1.54, 1.807) is 24.3 Å². The predicted molar refractivity (Wildman–Crippen MR) is 121 cm³/mol. The van der Waals surface area contributed by atoms with Crippen molar-refractivity contribution in [2.24, 2.45) is 0 Å². The number of halogens is 1. The van der Waals surface area contributed by atoms with Crippen LogP contribution in [-0.2, 0) is 6.61 Å². The Bertz CT molecular complexity index is 1410. The van der Waals surface area contributed by atoms with E-state index in [-0.39, 0.29) is 5.43 Å². The molecule has 0 amide bonds. The van der Waals surface area contributed by atoms with E-state index in [2.05, 4.69) is 24.3 Å². The molecule has 5 aromatic rings. The van der Waals surface area contributed by atoms with Gasteiger partial charge in [0.2, 0.25) is 0 Å². The largest absolute Gasteiger partial charge is 0.489 e. The topological polar surface area (TPSA) is 39.4 Å². The lowest BCUT2D eigenvalue weighted by atomic mass is 10.1. The van der Waals surface area contributed by atoms with Gasteiger partial charge >= 0.3 is 0 Å². The maximum Gasteiger partial charge on any atom is 0.193 e. The Hall–Kier alpha value is -3.56. The average molecular weight is 413 g/mol. The molecule has 0 unspecified atom stereocenters. The molecule has 0 atom stereocenters. The number of benzene rings is 4. The molecule has 4 heteroatoms. The van der Waals surface area contributed by atoms with Gasteiger partial charge in [-0.15, -0.1) is 0 Å². The number of rotatable bonds is 4. The first kappa shape index (κ1) is 18.5. The van der Waals surface area contributed by atoms with Crippen LogP contribution in [0, 0.1) is 0 Å². The summed E-state index contributed by atoms with van der Waals surface area (Å²) in [4.78, 5) is 12.7. The molecule has 0 spiro atoms. The van der Waals surface area contributed by atoms with E-state index in [9.17, 15) is 4.79 Å². The molecule has 0 aliphatic heterocycles. The molecule has 0 aliphatic rings. The third kappa shape index (κ3) is 3.56. The monoisotopic (exact) mass is 412 g/mol. The smallest absolute Gasteiger partial charge is 0.193 e. The van der Waals surface area contributed by atoms with Crippen LogP contribution < -0.4 is 10.2 Å². The summed E-state index contributed by atoms with van der Waals surface area (Å²) in [6.45, 7) is 0.418. The molecule has 0 N–H and O–H groups in total. The SMILES string of the molecule is O=c1cc(-c2ccc(Cl)cc2)oc2ccc(OCc3cccc4ccccc34)cc12. The molecule has 3 nitrogen and oxygen atoms in total. The first-order chi connectivity index (χ1) is 14.7. The minimum absolute atomic E-state index is 0.114. The third-order valence-corrected chi connectivity index (χ3v) is 5.35. The van der Waals surface area contributed by atoms with Crippen molar-refractivity contribution in [2.45, 2.75) is 6.61 Å². The predicted octanol–water partition coefficient (Wildman–Crippen LogP) is 6.85. The van der Waals surface area contributed by atoms with Gasteiger partial charge in [-0.2, -0.15) is 0 Å². The molecule has 1 aromatic heterocycles. The van der Waals surface area contributed by atoms with Gasteiger partial charge < -0.3 is 9.15 Å². The fourth-order valence-electron chi connectivity index (χ4n) is 3.56. The highest BCUT2D eigenvalue weighted by Gasteiger charge is 2.09. The van der Waals surface area contributed by atoms with E-state index in [1.807, 2.05) is 36.4 Å². The highest BCUT2D eigenvalue weighted by atomic mass is 35.5. The molecule has 0 fully saturated rings. The highest BCUT2D eigenvalue weighted by Crippen LogP contribution is 2.26. The number of hydrogen-bond acceptors (Lipinski definition) is 3. The Morgan fingerprint density at radius 3 is 2.47 bits per heavy atom. The zero-order chi connectivity index (χ0) is 20.5. The van der Waals surface area contributed by atoms with Gasteiger partial charge in [-0.1, -0.05) is 54.1 Å². The van der Waals surface area contributed by atoms with E-state index in [0.29, 0.717) is 34.1 Å². The van der Waals surface area contributed by atoms with Crippen molar-refractivity contribution in [3.8, 4) is 17.1 Å². The van der Waals surface area contributed by atoms with Crippen LogP contribution in [-0.4, -0.2) is 0 Å². The van der Waals surface area contributed by atoms with E-state index in [4.69, 9.17) is 20.8 Å². The standard InChI is InChI=1S/C26H17ClO3/c27-20-10-8-18(9-11-20)26-15-24(28)23-14-21(12-13-25(23)30-26)29-16-19-6-3-5-17-4-1-2-7-22(17)19/h1-15H,16H2. The summed E-state index contributed by atoms with van der Waals surface area (Å²) in [6, 6.07) is 28.4. The molecular weight excluding hydrogens is 396 g/mol. The molecule has 30 heavy (non-hydrogen) atoms. The molecule has 1 heterocycles. The van der Waals surface area contributed by atoms with Crippen LogP contribution in [0.3, 0.4) is 0 Å². The summed E-state index contributed by atoms with van der Waals surface area (Å²) in [5, 5.41) is 3.46. The van der Waals surface area contributed by atoms with E-state index in [0.717, 1.165) is 16.5 Å². The summed E-state index contributed by atoms with van der Waals surface area (Å²) in [7, 11) is 0. The Labute approximate surface area is 178 Å². The summed E-state index contributed by atoms with van der Waals surface area (Å²) < 4.78 is 11.9. The van der Waals surface area contributed by atoms with Crippen molar-refractivity contribution in [1.82, 2.24) is 0 Å². The molecule has 146 valence electrons. The average Bonchev–Trinajstić information content (AvgIpc) is 2.78.